The monoisotopic (exact) mass is 294 g/mol. The Morgan fingerprint density at radius 2 is 2.29 bits per heavy atom. The van der Waals surface area contributed by atoms with Crippen LogP contribution in [0.25, 0.3) is 5.69 Å². The number of aromatic nitrogens is 2. The summed E-state index contributed by atoms with van der Waals surface area (Å²) in [7, 11) is 1.60. The third-order valence-corrected chi connectivity index (χ3v) is 2.82. The predicted molar refractivity (Wildman–Crippen MR) is 73.8 cm³/mol. The van der Waals surface area contributed by atoms with Gasteiger partial charge in [-0.15, -0.1) is 0 Å². The van der Waals surface area contributed by atoms with Gasteiger partial charge in [-0.05, 0) is 12.1 Å². The molecule has 0 saturated heterocycles. The molecule has 0 aliphatic heterocycles. The lowest BCUT2D eigenvalue weighted by Gasteiger charge is -2.04. The van der Waals surface area contributed by atoms with E-state index in [1.54, 1.807) is 13.2 Å². The first-order valence-electron chi connectivity index (χ1n) is 6.31. The van der Waals surface area contributed by atoms with Crippen LogP contribution < -0.4 is 5.32 Å². The zero-order valence-corrected chi connectivity index (χ0v) is 11.5. The summed E-state index contributed by atoms with van der Waals surface area (Å²) in [5.74, 6) is -0.689. The fourth-order valence-corrected chi connectivity index (χ4v) is 1.85. The Kier molecular flexibility index (Phi) is 4.96. The average Bonchev–Trinajstić information content (AvgIpc) is 2.91. The minimum absolute atomic E-state index is 0.161. The van der Waals surface area contributed by atoms with E-state index < -0.39 is 10.7 Å². The van der Waals surface area contributed by atoms with Crippen molar-refractivity contribution in [2.45, 2.75) is 6.54 Å². The van der Waals surface area contributed by atoms with Crippen molar-refractivity contribution < 1.29 is 14.1 Å². The molecule has 2 rings (SSSR count). The van der Waals surface area contributed by atoms with Crippen molar-refractivity contribution in [3.05, 3.63) is 52.1 Å². The number of methoxy groups -OCH3 is 1. The molecule has 0 radical (unpaired) electrons. The zero-order chi connectivity index (χ0) is 15.2. The lowest BCUT2D eigenvalue weighted by atomic mass is 10.2. The Labute approximate surface area is 120 Å². The topological polar surface area (TPSA) is 82.2 Å². The number of hydrogen-bond acceptors (Lipinski definition) is 5. The van der Waals surface area contributed by atoms with Crippen LogP contribution >= 0.6 is 0 Å². The second-order valence-corrected chi connectivity index (χ2v) is 4.29. The number of halogens is 1. The molecule has 0 unspecified atom stereocenters. The second-order valence-electron chi connectivity index (χ2n) is 4.29. The van der Waals surface area contributed by atoms with Gasteiger partial charge in [0.15, 0.2) is 11.5 Å². The summed E-state index contributed by atoms with van der Waals surface area (Å²) in [6, 6.07) is 5.39. The van der Waals surface area contributed by atoms with Crippen LogP contribution in [0.1, 0.15) is 5.69 Å². The van der Waals surface area contributed by atoms with E-state index in [4.69, 9.17) is 4.74 Å². The molecule has 0 atom stereocenters. The number of rotatable bonds is 7. The van der Waals surface area contributed by atoms with E-state index in [0.29, 0.717) is 25.4 Å². The highest BCUT2D eigenvalue weighted by Crippen LogP contribution is 2.25. The number of hydrogen-bond donors (Lipinski definition) is 1. The third kappa shape index (κ3) is 3.61. The minimum atomic E-state index is -0.689. The van der Waals surface area contributed by atoms with E-state index in [-0.39, 0.29) is 11.4 Å². The predicted octanol–water partition coefficient (Wildman–Crippen LogP) is 1.66. The van der Waals surface area contributed by atoms with Crippen LogP contribution in [0, 0.1) is 15.9 Å². The molecular weight excluding hydrogens is 279 g/mol. The Hall–Kier alpha value is -2.32. The van der Waals surface area contributed by atoms with Gasteiger partial charge in [-0.25, -0.2) is 9.07 Å². The lowest BCUT2D eigenvalue weighted by Crippen LogP contribution is -2.19. The van der Waals surface area contributed by atoms with Crippen LogP contribution in [0.3, 0.4) is 0 Å². The molecule has 1 N–H and O–H groups in total. The number of nitro benzene ring substituents is 1. The van der Waals surface area contributed by atoms with Gasteiger partial charge < -0.3 is 10.1 Å². The highest BCUT2D eigenvalue weighted by Gasteiger charge is 2.20. The zero-order valence-electron chi connectivity index (χ0n) is 11.5. The molecule has 0 fully saturated rings. The summed E-state index contributed by atoms with van der Waals surface area (Å²) < 4.78 is 19.9. The maximum atomic E-state index is 13.9. The summed E-state index contributed by atoms with van der Waals surface area (Å²) >= 11 is 0. The molecule has 0 bridgehead atoms. The van der Waals surface area contributed by atoms with Crippen molar-refractivity contribution in [3.63, 3.8) is 0 Å². The molecule has 2 aromatic rings. The van der Waals surface area contributed by atoms with Gasteiger partial charge in [0.25, 0.3) is 5.69 Å². The van der Waals surface area contributed by atoms with Crippen molar-refractivity contribution in [1.82, 2.24) is 15.1 Å². The number of ether oxygens (including phenoxy) is 1. The van der Waals surface area contributed by atoms with Crippen molar-refractivity contribution in [1.29, 1.82) is 0 Å². The number of para-hydroxylation sites is 1. The Balaban J connectivity index is 2.20. The molecule has 0 aliphatic carbocycles. The van der Waals surface area contributed by atoms with Gasteiger partial charge in [0.2, 0.25) is 0 Å². The smallest absolute Gasteiger partial charge is 0.297 e. The van der Waals surface area contributed by atoms with E-state index in [9.17, 15) is 14.5 Å². The van der Waals surface area contributed by atoms with Crippen LogP contribution in [0.2, 0.25) is 0 Å². The van der Waals surface area contributed by atoms with Gasteiger partial charge in [0.1, 0.15) is 0 Å². The molecule has 21 heavy (non-hydrogen) atoms. The molecule has 1 aromatic carbocycles. The van der Waals surface area contributed by atoms with Gasteiger partial charge in [0.05, 0.1) is 17.2 Å². The number of nitrogens with zero attached hydrogens (tertiary/aromatic N) is 3. The van der Waals surface area contributed by atoms with E-state index in [1.807, 2.05) is 0 Å². The van der Waals surface area contributed by atoms with Gasteiger partial charge in [-0.2, -0.15) is 5.10 Å². The molecule has 0 spiro atoms. The first-order chi connectivity index (χ1) is 10.1. The first-order valence-corrected chi connectivity index (χ1v) is 6.31. The summed E-state index contributed by atoms with van der Waals surface area (Å²) in [6.45, 7) is 1.70. The van der Waals surface area contributed by atoms with Crippen LogP contribution in [-0.2, 0) is 11.3 Å². The second kappa shape index (κ2) is 6.91. The van der Waals surface area contributed by atoms with Gasteiger partial charge in [-0.3, -0.25) is 10.1 Å². The largest absolute Gasteiger partial charge is 0.383 e. The van der Waals surface area contributed by atoms with Gasteiger partial charge in [0, 0.05) is 32.5 Å². The molecule has 112 valence electrons. The molecule has 7 nitrogen and oxygen atoms in total. The van der Waals surface area contributed by atoms with E-state index in [0.717, 1.165) is 0 Å². The molecular formula is C13H15FN4O3. The van der Waals surface area contributed by atoms with Crippen LogP contribution in [0.15, 0.2) is 30.5 Å². The molecule has 0 amide bonds. The van der Waals surface area contributed by atoms with E-state index in [1.165, 1.54) is 29.1 Å². The first kappa shape index (κ1) is 15.1. The molecule has 1 heterocycles. The van der Waals surface area contributed by atoms with Crippen molar-refractivity contribution in [2.75, 3.05) is 20.3 Å². The van der Waals surface area contributed by atoms with Crippen molar-refractivity contribution in [2.24, 2.45) is 0 Å². The normalized spacial score (nSPS) is 10.8. The summed E-state index contributed by atoms with van der Waals surface area (Å²) in [5.41, 5.74) is 0.172. The van der Waals surface area contributed by atoms with Gasteiger partial charge >= 0.3 is 0 Å². The summed E-state index contributed by atoms with van der Waals surface area (Å²) in [5, 5.41) is 18.2. The molecule has 1 aromatic heterocycles. The highest BCUT2D eigenvalue weighted by atomic mass is 19.1. The fraction of sp³-hybridized carbons (Fsp3) is 0.308. The SMILES string of the molecule is COCCNCc1ccn(-c2c(F)cccc2[N+](=O)[O-])n1. The maximum Gasteiger partial charge on any atom is 0.297 e. The average molecular weight is 294 g/mol. The van der Waals surface area contributed by atoms with Crippen LogP contribution in [0.5, 0.6) is 0 Å². The Morgan fingerprint density at radius 1 is 1.48 bits per heavy atom. The van der Waals surface area contributed by atoms with Crippen molar-refractivity contribution in [3.8, 4) is 5.69 Å². The Bertz CT molecular complexity index is 630. The van der Waals surface area contributed by atoms with Crippen LogP contribution in [-0.4, -0.2) is 35.0 Å². The Morgan fingerprint density at radius 3 is 3.00 bits per heavy atom. The lowest BCUT2D eigenvalue weighted by molar-refractivity contribution is -0.384. The quantitative estimate of drug-likeness (QED) is 0.477. The molecule has 0 saturated carbocycles. The molecule has 0 aliphatic rings. The van der Waals surface area contributed by atoms with E-state index >= 15 is 0 Å². The highest BCUT2D eigenvalue weighted by molar-refractivity contribution is 5.52. The number of nitro groups is 1. The molecule has 8 heteroatoms. The van der Waals surface area contributed by atoms with Gasteiger partial charge in [-0.1, -0.05) is 6.07 Å². The third-order valence-electron chi connectivity index (χ3n) is 2.82. The summed E-state index contributed by atoms with van der Waals surface area (Å²) in [6.07, 6.45) is 1.50. The fourth-order valence-electron chi connectivity index (χ4n) is 1.85. The van der Waals surface area contributed by atoms with Crippen molar-refractivity contribution >= 4 is 5.69 Å². The number of benzene rings is 1. The maximum absolute atomic E-state index is 13.9. The minimum Gasteiger partial charge on any atom is -0.383 e. The summed E-state index contributed by atoms with van der Waals surface area (Å²) in [4.78, 5) is 10.3. The van der Waals surface area contributed by atoms with Crippen LogP contribution in [0.4, 0.5) is 10.1 Å². The number of nitrogens with one attached hydrogen (secondary N) is 1. The standard InChI is InChI=1S/C13H15FN4O3/c1-21-8-6-15-9-10-5-7-17(16-10)13-11(14)3-2-4-12(13)18(19)20/h2-5,7,15H,6,8-9H2,1H3. The van der Waals surface area contributed by atoms with E-state index in [2.05, 4.69) is 10.4 Å².